The maximum absolute atomic E-state index is 13.5. The van der Waals surface area contributed by atoms with E-state index in [-0.39, 0.29) is 31.3 Å². The summed E-state index contributed by atoms with van der Waals surface area (Å²) in [7, 11) is 1.14. The summed E-state index contributed by atoms with van der Waals surface area (Å²) in [5.74, 6) is -0.636. The summed E-state index contributed by atoms with van der Waals surface area (Å²) < 4.78 is 30.2. The molecule has 9 nitrogen and oxygen atoms in total. The van der Waals surface area contributed by atoms with Gasteiger partial charge in [0.05, 0.1) is 33.8 Å². The van der Waals surface area contributed by atoms with Gasteiger partial charge in [0, 0.05) is 12.8 Å². The van der Waals surface area contributed by atoms with Crippen LogP contribution in [0.4, 0.5) is 0 Å². The minimum Gasteiger partial charge on any atom is -0.756 e. The number of hydrogen-bond donors (Lipinski definition) is 1. The van der Waals surface area contributed by atoms with Crippen LogP contribution in [0.2, 0.25) is 0 Å². The van der Waals surface area contributed by atoms with Crippen LogP contribution in [0.15, 0.2) is 85.1 Å². The molecule has 434 valence electrons. The molecule has 0 aromatic heterocycles. The molecule has 0 bridgehead atoms. The van der Waals surface area contributed by atoms with Crippen molar-refractivity contribution in [3.8, 4) is 0 Å². The number of allylic oxidation sites excluding steroid dienone is 13. The zero-order valence-electron chi connectivity index (χ0n) is 49.5. The third kappa shape index (κ3) is 55.7. The number of nitrogens with one attached hydrogen (secondary N) is 1. The number of nitrogens with zero attached hydrogens (tertiary/aromatic N) is 1. The fourth-order valence-corrected chi connectivity index (χ4v) is 9.33. The predicted molar refractivity (Wildman–Crippen MR) is 321 cm³/mol. The fraction of sp³-hybridized carbons (Fsp3) is 0.754. The van der Waals surface area contributed by atoms with Crippen molar-refractivity contribution < 1.29 is 37.3 Å². The minimum absolute atomic E-state index is 0.0379. The van der Waals surface area contributed by atoms with Crippen molar-refractivity contribution in [3.63, 3.8) is 0 Å². The lowest BCUT2D eigenvalue weighted by Crippen LogP contribution is -2.47. The highest BCUT2D eigenvalue weighted by Crippen LogP contribution is 2.38. The van der Waals surface area contributed by atoms with Gasteiger partial charge in [-0.1, -0.05) is 267 Å². The van der Waals surface area contributed by atoms with Crippen LogP contribution in [-0.4, -0.2) is 69.4 Å². The Hall–Kier alpha value is -2.81. The van der Waals surface area contributed by atoms with Crippen molar-refractivity contribution in [1.29, 1.82) is 0 Å². The number of esters is 1. The van der Waals surface area contributed by atoms with Gasteiger partial charge in [0.1, 0.15) is 19.3 Å². The Morgan fingerprint density at radius 1 is 0.480 bits per heavy atom. The van der Waals surface area contributed by atoms with Crippen LogP contribution in [0.3, 0.4) is 0 Å². The fourth-order valence-electron chi connectivity index (χ4n) is 8.60. The van der Waals surface area contributed by atoms with E-state index < -0.39 is 26.6 Å². The Balaban J connectivity index is 5.32. The Morgan fingerprint density at radius 3 is 1.28 bits per heavy atom. The Morgan fingerprint density at radius 2 is 0.867 bits per heavy atom. The first-order chi connectivity index (χ1) is 36.4. The molecular formula is C65H117N2O7P. The maximum atomic E-state index is 13.5. The Labute approximate surface area is 463 Å². The van der Waals surface area contributed by atoms with Gasteiger partial charge in [-0.15, -0.1) is 0 Å². The van der Waals surface area contributed by atoms with Gasteiger partial charge in [-0.2, -0.15) is 0 Å². The number of carbonyl (C=O) groups excluding carboxylic acids is 2. The van der Waals surface area contributed by atoms with Gasteiger partial charge in [-0.3, -0.25) is 14.2 Å². The molecule has 0 aliphatic heterocycles. The SMILES string of the molecule is CC/C=C\C/C=C\C/C=C\C/C=C\C/C=C\C/C=C\CCC(=O)NC(COP(=O)([O-])OCC[N+](C)(C)C)C(/C=C/CCCCCCCCCCC)OC(=O)CCCCCCCCCCCCCCCCCCCCC. The zero-order valence-corrected chi connectivity index (χ0v) is 50.4. The first-order valence-corrected chi connectivity index (χ1v) is 32.4. The van der Waals surface area contributed by atoms with Crippen molar-refractivity contribution in [3.05, 3.63) is 85.1 Å². The molecular weight excluding hydrogens is 952 g/mol. The van der Waals surface area contributed by atoms with Crippen LogP contribution in [0, 0.1) is 0 Å². The molecule has 0 saturated carbocycles. The molecule has 0 aromatic rings. The van der Waals surface area contributed by atoms with E-state index in [2.05, 4.69) is 86.8 Å². The first-order valence-electron chi connectivity index (χ1n) is 30.9. The number of quaternary nitrogens is 1. The summed E-state index contributed by atoms with van der Waals surface area (Å²) in [5, 5.41) is 2.98. The molecule has 3 atom stereocenters. The summed E-state index contributed by atoms with van der Waals surface area (Å²) in [4.78, 5) is 39.9. The molecule has 1 amide bonds. The molecule has 0 saturated heterocycles. The summed E-state index contributed by atoms with van der Waals surface area (Å²) in [5.41, 5.74) is 0. The molecule has 75 heavy (non-hydrogen) atoms. The van der Waals surface area contributed by atoms with E-state index >= 15 is 0 Å². The lowest BCUT2D eigenvalue weighted by Gasteiger charge is -2.30. The van der Waals surface area contributed by atoms with Crippen molar-refractivity contribution in [2.24, 2.45) is 0 Å². The van der Waals surface area contributed by atoms with Gasteiger partial charge >= 0.3 is 5.97 Å². The summed E-state index contributed by atoms with van der Waals surface area (Å²) >= 11 is 0. The van der Waals surface area contributed by atoms with Gasteiger partial charge in [0.2, 0.25) is 5.91 Å². The number of likely N-dealkylation sites (N-methyl/N-ethyl adjacent to an activating group) is 1. The van der Waals surface area contributed by atoms with Crippen molar-refractivity contribution in [2.75, 3.05) is 40.9 Å². The molecule has 0 aromatic carbocycles. The summed E-state index contributed by atoms with van der Waals surface area (Å²) in [6, 6.07) is -0.930. The van der Waals surface area contributed by atoms with E-state index in [4.69, 9.17) is 13.8 Å². The summed E-state index contributed by atoms with van der Waals surface area (Å²) in [6.45, 7) is 6.67. The second kappa shape index (κ2) is 54.5. The van der Waals surface area contributed by atoms with E-state index in [9.17, 15) is 19.0 Å². The second-order valence-electron chi connectivity index (χ2n) is 21.8. The van der Waals surface area contributed by atoms with Crippen molar-refractivity contribution >= 4 is 19.7 Å². The quantitative estimate of drug-likeness (QED) is 0.0212. The van der Waals surface area contributed by atoms with E-state index in [1.54, 1.807) is 0 Å². The number of rotatable bonds is 55. The molecule has 0 aliphatic rings. The molecule has 1 N–H and O–H groups in total. The average molecular weight is 1070 g/mol. The number of phosphoric acid groups is 1. The normalized spacial score (nSPS) is 14.3. The van der Waals surface area contributed by atoms with Gasteiger partial charge in [-0.05, 0) is 70.3 Å². The van der Waals surface area contributed by atoms with Crippen LogP contribution in [-0.2, 0) is 27.9 Å². The van der Waals surface area contributed by atoms with Gasteiger partial charge < -0.3 is 28.5 Å². The number of phosphoric ester groups is 1. The van der Waals surface area contributed by atoms with Gasteiger partial charge in [0.25, 0.3) is 7.82 Å². The van der Waals surface area contributed by atoms with E-state index in [1.165, 1.54) is 148 Å². The molecule has 0 heterocycles. The third-order valence-corrected chi connectivity index (χ3v) is 14.3. The number of carbonyl (C=O) groups is 2. The average Bonchev–Trinajstić information content (AvgIpc) is 3.37. The highest BCUT2D eigenvalue weighted by Gasteiger charge is 2.27. The van der Waals surface area contributed by atoms with Crippen LogP contribution >= 0.6 is 7.82 Å². The maximum Gasteiger partial charge on any atom is 0.306 e. The molecule has 0 spiro atoms. The number of hydrogen-bond acceptors (Lipinski definition) is 7. The monoisotopic (exact) mass is 1070 g/mol. The Bertz CT molecular complexity index is 1560. The molecule has 0 rings (SSSR count). The molecule has 3 unspecified atom stereocenters. The van der Waals surface area contributed by atoms with Crippen LogP contribution in [0.5, 0.6) is 0 Å². The largest absolute Gasteiger partial charge is 0.756 e. The van der Waals surface area contributed by atoms with Crippen molar-refractivity contribution in [2.45, 2.75) is 277 Å². The van der Waals surface area contributed by atoms with Gasteiger partial charge in [0.15, 0.2) is 0 Å². The molecule has 10 heteroatoms. The Kier molecular flexibility index (Phi) is 52.5. The smallest absolute Gasteiger partial charge is 0.306 e. The lowest BCUT2D eigenvalue weighted by molar-refractivity contribution is -0.870. The first kappa shape index (κ1) is 72.2. The van der Waals surface area contributed by atoms with E-state index in [0.717, 1.165) is 77.0 Å². The highest BCUT2D eigenvalue weighted by atomic mass is 31.2. The minimum atomic E-state index is -4.72. The second-order valence-corrected chi connectivity index (χ2v) is 23.2. The van der Waals surface area contributed by atoms with E-state index in [0.29, 0.717) is 17.4 Å². The third-order valence-electron chi connectivity index (χ3n) is 13.4. The standard InChI is InChI=1S/C65H117N2O7P/c1-7-10-13-16-19-22-25-27-29-31-33-35-37-39-42-45-48-51-54-57-64(68)66-62(61-73-75(70,71)72-60-59-67(4,5)6)63(56-53-50-47-44-41-24-21-18-15-12-9-3)74-65(69)58-55-52-49-46-43-40-38-36-34-32-30-28-26-23-20-17-14-11-8-2/h10,13,19,22,27,29,33,35,39,42,48,51,53,56,62-63H,7-9,11-12,14-18,20-21,23-26,28,30-32,34,36-38,40-41,43-47,49-50,52,54-55,57-61H2,1-6H3,(H-,66,68,70,71)/b13-10-,22-19-,29-27-,35-33-,42-39-,51-48-,56-53+. The number of amides is 1. The van der Waals surface area contributed by atoms with Crippen LogP contribution < -0.4 is 10.2 Å². The molecule has 0 fully saturated rings. The topological polar surface area (TPSA) is 114 Å². The number of ether oxygens (including phenoxy) is 1. The lowest BCUT2D eigenvalue weighted by atomic mass is 10.0. The molecule has 0 radical (unpaired) electrons. The molecule has 0 aliphatic carbocycles. The predicted octanol–water partition coefficient (Wildman–Crippen LogP) is 18.4. The van der Waals surface area contributed by atoms with Crippen LogP contribution in [0.1, 0.15) is 265 Å². The van der Waals surface area contributed by atoms with E-state index in [1.807, 2.05) is 45.4 Å². The van der Waals surface area contributed by atoms with Gasteiger partial charge in [-0.25, -0.2) is 0 Å². The highest BCUT2D eigenvalue weighted by molar-refractivity contribution is 7.45. The number of unbranched alkanes of at least 4 members (excludes halogenated alkanes) is 27. The summed E-state index contributed by atoms with van der Waals surface area (Å²) in [6.07, 6.45) is 71.4. The zero-order chi connectivity index (χ0) is 55.0. The van der Waals surface area contributed by atoms with Crippen LogP contribution in [0.25, 0.3) is 0 Å². The van der Waals surface area contributed by atoms with Crippen molar-refractivity contribution in [1.82, 2.24) is 5.32 Å².